The van der Waals surface area contributed by atoms with E-state index in [1.807, 2.05) is 22.8 Å². The van der Waals surface area contributed by atoms with E-state index in [0.29, 0.717) is 19.6 Å². The Morgan fingerprint density at radius 3 is 2.52 bits per heavy atom. The van der Waals surface area contributed by atoms with Crippen LogP contribution >= 0.6 is 11.3 Å². The van der Waals surface area contributed by atoms with Crippen LogP contribution in [0.3, 0.4) is 0 Å². The standard InChI is InChI=1S/C19H25N3O2S/c1-14-12-18(15(2)22(14)13-17-6-4-11-25-17)19(24)21-8-5-7-20(9-10-21)16(3)23/h4,6,11-12H,5,7-10,13H2,1-3H3. The van der Waals surface area contributed by atoms with Gasteiger partial charge in [-0.05, 0) is 37.8 Å². The summed E-state index contributed by atoms with van der Waals surface area (Å²) in [6.07, 6.45) is 0.833. The third-order valence-corrected chi connectivity index (χ3v) is 5.79. The van der Waals surface area contributed by atoms with Crippen molar-refractivity contribution >= 4 is 23.2 Å². The molecule has 0 radical (unpaired) electrons. The molecule has 0 atom stereocenters. The fourth-order valence-corrected chi connectivity index (χ4v) is 4.12. The van der Waals surface area contributed by atoms with Crippen molar-refractivity contribution in [1.82, 2.24) is 14.4 Å². The van der Waals surface area contributed by atoms with Gasteiger partial charge >= 0.3 is 0 Å². The summed E-state index contributed by atoms with van der Waals surface area (Å²) in [6.45, 7) is 9.14. The SMILES string of the molecule is CC(=O)N1CCCN(C(=O)c2cc(C)n(Cc3cccs3)c2C)CC1. The lowest BCUT2D eigenvalue weighted by Crippen LogP contribution is -2.36. The van der Waals surface area contributed by atoms with E-state index in [1.54, 1.807) is 18.3 Å². The number of amides is 2. The number of rotatable bonds is 3. The maximum absolute atomic E-state index is 13.0. The molecular formula is C19H25N3O2S. The Hall–Kier alpha value is -2.08. The van der Waals surface area contributed by atoms with Crippen LogP contribution in [0.25, 0.3) is 0 Å². The molecule has 1 saturated heterocycles. The molecule has 1 aliphatic heterocycles. The Morgan fingerprint density at radius 2 is 1.84 bits per heavy atom. The molecule has 3 heterocycles. The van der Waals surface area contributed by atoms with Gasteiger partial charge in [0.1, 0.15) is 0 Å². The summed E-state index contributed by atoms with van der Waals surface area (Å²) in [4.78, 5) is 29.6. The smallest absolute Gasteiger partial charge is 0.255 e. The van der Waals surface area contributed by atoms with E-state index >= 15 is 0 Å². The van der Waals surface area contributed by atoms with Crippen molar-refractivity contribution in [3.05, 3.63) is 45.4 Å². The fraction of sp³-hybridized carbons (Fsp3) is 0.474. The van der Waals surface area contributed by atoms with Gasteiger partial charge in [0.25, 0.3) is 5.91 Å². The van der Waals surface area contributed by atoms with Crippen LogP contribution in [0.4, 0.5) is 0 Å². The first-order valence-electron chi connectivity index (χ1n) is 8.71. The van der Waals surface area contributed by atoms with E-state index in [0.717, 1.165) is 36.5 Å². The average molecular weight is 359 g/mol. The molecule has 1 aliphatic rings. The highest BCUT2D eigenvalue weighted by molar-refractivity contribution is 7.09. The second-order valence-corrected chi connectivity index (χ2v) is 7.63. The molecule has 0 unspecified atom stereocenters. The van der Waals surface area contributed by atoms with Crippen LogP contribution in [0.1, 0.15) is 40.0 Å². The third-order valence-electron chi connectivity index (χ3n) is 4.93. The maximum Gasteiger partial charge on any atom is 0.255 e. The zero-order valence-corrected chi connectivity index (χ0v) is 15.9. The Balaban J connectivity index is 1.77. The van der Waals surface area contributed by atoms with Gasteiger partial charge in [0, 0.05) is 49.4 Å². The van der Waals surface area contributed by atoms with Crippen LogP contribution in [0.2, 0.25) is 0 Å². The van der Waals surface area contributed by atoms with E-state index in [-0.39, 0.29) is 11.8 Å². The summed E-state index contributed by atoms with van der Waals surface area (Å²) < 4.78 is 2.21. The Morgan fingerprint density at radius 1 is 1.12 bits per heavy atom. The molecule has 5 nitrogen and oxygen atoms in total. The zero-order valence-electron chi connectivity index (χ0n) is 15.1. The first-order chi connectivity index (χ1) is 12.0. The van der Waals surface area contributed by atoms with Gasteiger partial charge in [-0.25, -0.2) is 0 Å². The number of hydrogen-bond donors (Lipinski definition) is 0. The summed E-state index contributed by atoms with van der Waals surface area (Å²) in [5.41, 5.74) is 2.91. The largest absolute Gasteiger partial charge is 0.343 e. The fourth-order valence-electron chi connectivity index (χ4n) is 3.43. The van der Waals surface area contributed by atoms with E-state index in [9.17, 15) is 9.59 Å². The first-order valence-corrected chi connectivity index (χ1v) is 9.59. The van der Waals surface area contributed by atoms with Gasteiger partial charge < -0.3 is 14.4 Å². The molecule has 1 fully saturated rings. The van der Waals surface area contributed by atoms with Crippen molar-refractivity contribution in [2.24, 2.45) is 0 Å². The highest BCUT2D eigenvalue weighted by Gasteiger charge is 2.24. The van der Waals surface area contributed by atoms with Gasteiger partial charge in [0.2, 0.25) is 5.91 Å². The molecule has 0 spiro atoms. The number of hydrogen-bond acceptors (Lipinski definition) is 3. The monoisotopic (exact) mass is 359 g/mol. The maximum atomic E-state index is 13.0. The number of carbonyl (C=O) groups is 2. The third kappa shape index (κ3) is 3.79. The van der Waals surface area contributed by atoms with Crippen molar-refractivity contribution in [1.29, 1.82) is 0 Å². The van der Waals surface area contributed by atoms with Gasteiger partial charge in [0.15, 0.2) is 0 Å². The average Bonchev–Trinajstić information content (AvgIpc) is 3.09. The molecule has 2 aromatic rings. The van der Waals surface area contributed by atoms with Crippen LogP contribution in [0.15, 0.2) is 23.6 Å². The summed E-state index contributed by atoms with van der Waals surface area (Å²) >= 11 is 1.73. The lowest BCUT2D eigenvalue weighted by atomic mass is 10.2. The highest BCUT2D eigenvalue weighted by Crippen LogP contribution is 2.21. The van der Waals surface area contributed by atoms with Crippen LogP contribution in [-0.2, 0) is 11.3 Å². The molecule has 0 aromatic carbocycles. The van der Waals surface area contributed by atoms with Gasteiger partial charge in [-0.15, -0.1) is 11.3 Å². The molecular weight excluding hydrogens is 334 g/mol. The number of aromatic nitrogens is 1. The Bertz CT molecular complexity index is 764. The van der Waals surface area contributed by atoms with Crippen molar-refractivity contribution in [3.8, 4) is 0 Å². The summed E-state index contributed by atoms with van der Waals surface area (Å²) in [6, 6.07) is 6.17. The lowest BCUT2D eigenvalue weighted by molar-refractivity contribution is -0.128. The van der Waals surface area contributed by atoms with Gasteiger partial charge in [-0.3, -0.25) is 9.59 Å². The number of nitrogens with zero attached hydrogens (tertiary/aromatic N) is 3. The van der Waals surface area contributed by atoms with Gasteiger partial charge in [-0.2, -0.15) is 0 Å². The summed E-state index contributed by atoms with van der Waals surface area (Å²) in [5, 5.41) is 2.08. The quantitative estimate of drug-likeness (QED) is 0.846. The molecule has 0 N–H and O–H groups in total. The molecule has 25 heavy (non-hydrogen) atoms. The van der Waals surface area contributed by atoms with Crippen LogP contribution in [0.5, 0.6) is 0 Å². The van der Waals surface area contributed by atoms with Crippen molar-refractivity contribution < 1.29 is 9.59 Å². The predicted molar refractivity (Wildman–Crippen MR) is 100 cm³/mol. The minimum Gasteiger partial charge on any atom is -0.343 e. The molecule has 0 aliphatic carbocycles. The number of carbonyl (C=O) groups excluding carboxylic acids is 2. The lowest BCUT2D eigenvalue weighted by Gasteiger charge is -2.21. The topological polar surface area (TPSA) is 45.6 Å². The van der Waals surface area contributed by atoms with Gasteiger partial charge in [-0.1, -0.05) is 6.07 Å². The molecule has 0 saturated carbocycles. The Kier molecular flexibility index (Phi) is 5.27. The Labute approximate surface area is 152 Å². The minimum atomic E-state index is 0.0796. The number of thiophene rings is 1. The van der Waals surface area contributed by atoms with Crippen molar-refractivity contribution in [2.45, 2.75) is 33.7 Å². The molecule has 3 rings (SSSR count). The second-order valence-electron chi connectivity index (χ2n) is 6.60. The van der Waals surface area contributed by atoms with Gasteiger partial charge in [0.05, 0.1) is 12.1 Å². The van der Waals surface area contributed by atoms with E-state index < -0.39 is 0 Å². The highest BCUT2D eigenvalue weighted by atomic mass is 32.1. The van der Waals surface area contributed by atoms with Crippen LogP contribution in [-0.4, -0.2) is 52.4 Å². The molecule has 134 valence electrons. The van der Waals surface area contributed by atoms with E-state index in [1.165, 1.54) is 4.88 Å². The second kappa shape index (κ2) is 7.44. The van der Waals surface area contributed by atoms with Crippen LogP contribution in [0, 0.1) is 13.8 Å². The van der Waals surface area contributed by atoms with E-state index in [4.69, 9.17) is 0 Å². The zero-order chi connectivity index (χ0) is 18.0. The molecule has 2 amide bonds. The van der Waals surface area contributed by atoms with E-state index in [2.05, 4.69) is 29.0 Å². The molecule has 2 aromatic heterocycles. The molecule has 0 bridgehead atoms. The minimum absolute atomic E-state index is 0.0796. The van der Waals surface area contributed by atoms with Crippen molar-refractivity contribution in [2.75, 3.05) is 26.2 Å². The van der Waals surface area contributed by atoms with Crippen LogP contribution < -0.4 is 0 Å². The van der Waals surface area contributed by atoms with Crippen molar-refractivity contribution in [3.63, 3.8) is 0 Å². The number of aryl methyl sites for hydroxylation is 1. The summed E-state index contributed by atoms with van der Waals surface area (Å²) in [7, 11) is 0. The normalized spacial score (nSPS) is 15.3. The molecule has 6 heteroatoms. The predicted octanol–water partition coefficient (Wildman–Crippen LogP) is 2.91. The summed E-state index contributed by atoms with van der Waals surface area (Å²) in [5.74, 6) is 0.166. The first kappa shape index (κ1) is 17.7.